The van der Waals surface area contributed by atoms with Gasteiger partial charge in [-0.3, -0.25) is 9.89 Å². The van der Waals surface area contributed by atoms with E-state index in [9.17, 15) is 4.79 Å². The quantitative estimate of drug-likeness (QED) is 0.849. The first-order valence-electron chi connectivity index (χ1n) is 6.44. The van der Waals surface area contributed by atoms with E-state index in [0.717, 1.165) is 24.1 Å². The number of hydrogen-bond acceptors (Lipinski definition) is 2. The molecule has 4 heteroatoms. The second-order valence-corrected chi connectivity index (χ2v) is 5.73. The van der Waals surface area contributed by atoms with Crippen LogP contribution in [0, 0.1) is 11.8 Å². The number of H-pyrrole nitrogens is 2. The van der Waals surface area contributed by atoms with Gasteiger partial charge in [-0.15, -0.1) is 0 Å². The first-order valence-corrected chi connectivity index (χ1v) is 6.44. The largest absolute Gasteiger partial charge is 0.369 e. The molecule has 17 heavy (non-hydrogen) atoms. The van der Waals surface area contributed by atoms with Gasteiger partial charge in [-0.25, -0.2) is 0 Å². The fourth-order valence-electron chi connectivity index (χ4n) is 2.57. The molecule has 0 fully saturated rings. The number of aromatic nitrogens is 2. The van der Waals surface area contributed by atoms with Crippen LogP contribution in [-0.2, 0) is 11.2 Å². The van der Waals surface area contributed by atoms with Gasteiger partial charge in [0.25, 0.3) is 5.56 Å². The van der Waals surface area contributed by atoms with E-state index in [0.29, 0.717) is 11.8 Å². The zero-order valence-corrected chi connectivity index (χ0v) is 11.0. The van der Waals surface area contributed by atoms with Crippen molar-refractivity contribution in [1.82, 2.24) is 10.2 Å². The molecule has 1 aliphatic rings. The van der Waals surface area contributed by atoms with Gasteiger partial charge < -0.3 is 9.84 Å². The first kappa shape index (κ1) is 12.4. The number of ether oxygens (including phenoxy) is 1. The Kier molecular flexibility index (Phi) is 3.43. The van der Waals surface area contributed by atoms with Gasteiger partial charge in [0, 0.05) is 12.1 Å². The fourth-order valence-corrected chi connectivity index (χ4v) is 2.57. The molecular formula is C13H22N2O2. The van der Waals surface area contributed by atoms with Crippen LogP contribution in [0.4, 0.5) is 0 Å². The first-order chi connectivity index (χ1) is 7.99. The van der Waals surface area contributed by atoms with Crippen molar-refractivity contribution in [2.45, 2.75) is 52.7 Å². The number of hydrogen-bond donors (Lipinski definition) is 2. The Balaban J connectivity index is 2.28. The lowest BCUT2D eigenvalue weighted by Crippen LogP contribution is -2.32. The normalized spacial score (nSPS) is 24.4. The number of nitrogens with one attached hydrogen (secondary N) is 2. The summed E-state index contributed by atoms with van der Waals surface area (Å²) in [5.41, 5.74) is 1.81. The highest BCUT2D eigenvalue weighted by atomic mass is 16.5. The molecule has 2 heterocycles. The van der Waals surface area contributed by atoms with E-state index in [1.54, 1.807) is 0 Å². The van der Waals surface area contributed by atoms with Crippen molar-refractivity contribution in [3.8, 4) is 0 Å². The summed E-state index contributed by atoms with van der Waals surface area (Å²) in [5, 5.41) is 5.67. The third-order valence-corrected chi connectivity index (χ3v) is 3.29. The highest BCUT2D eigenvalue weighted by Crippen LogP contribution is 2.34. The van der Waals surface area contributed by atoms with Crippen LogP contribution in [0.2, 0.25) is 0 Å². The van der Waals surface area contributed by atoms with E-state index in [-0.39, 0.29) is 17.8 Å². The summed E-state index contributed by atoms with van der Waals surface area (Å²) < 4.78 is 6.08. The standard InChI is InChI=1S/C13H22N2O2/c1-7(2)5-9-6-10-11(13(16)15-14-10)12(17-9)8(3)4/h7-9,12H,5-6H2,1-4H3,(H2,14,15,16)/t9-,12+/m1/s1. The SMILES string of the molecule is CC(C)C[C@@H]1Cc2[nH][nH]c(=O)c2[C@H](C(C)C)O1. The molecule has 2 atom stereocenters. The summed E-state index contributed by atoms with van der Waals surface area (Å²) in [4.78, 5) is 11.7. The molecule has 0 amide bonds. The Morgan fingerprint density at radius 1 is 1.29 bits per heavy atom. The maximum atomic E-state index is 11.7. The van der Waals surface area contributed by atoms with Crippen molar-refractivity contribution in [2.75, 3.05) is 0 Å². The van der Waals surface area contributed by atoms with Crippen molar-refractivity contribution in [3.63, 3.8) is 0 Å². The third kappa shape index (κ3) is 2.46. The lowest BCUT2D eigenvalue weighted by molar-refractivity contribution is -0.0580. The zero-order valence-electron chi connectivity index (χ0n) is 11.0. The molecule has 2 rings (SSSR count). The molecule has 0 spiro atoms. The van der Waals surface area contributed by atoms with Crippen molar-refractivity contribution in [3.05, 3.63) is 21.6 Å². The Hall–Kier alpha value is -1.03. The summed E-state index contributed by atoms with van der Waals surface area (Å²) in [6.45, 7) is 8.59. The molecule has 0 saturated heterocycles. The van der Waals surface area contributed by atoms with Crippen LogP contribution in [0.15, 0.2) is 4.79 Å². The average molecular weight is 238 g/mol. The van der Waals surface area contributed by atoms with Crippen LogP contribution in [0.3, 0.4) is 0 Å². The Morgan fingerprint density at radius 2 is 2.00 bits per heavy atom. The molecule has 0 saturated carbocycles. The van der Waals surface area contributed by atoms with Gasteiger partial charge in [-0.2, -0.15) is 0 Å². The molecule has 96 valence electrons. The van der Waals surface area contributed by atoms with Crippen molar-refractivity contribution in [1.29, 1.82) is 0 Å². The molecule has 1 aromatic heterocycles. The molecule has 0 aromatic carbocycles. The summed E-state index contributed by atoms with van der Waals surface area (Å²) in [7, 11) is 0. The van der Waals surface area contributed by atoms with Gasteiger partial charge in [0.15, 0.2) is 0 Å². The fraction of sp³-hybridized carbons (Fsp3) is 0.769. The summed E-state index contributed by atoms with van der Waals surface area (Å²) in [6.07, 6.45) is 2.00. The maximum Gasteiger partial charge on any atom is 0.270 e. The average Bonchev–Trinajstić information content (AvgIpc) is 2.58. The minimum absolute atomic E-state index is 0.0262. The number of aromatic amines is 2. The van der Waals surface area contributed by atoms with Crippen LogP contribution in [0.1, 0.15) is 51.5 Å². The van der Waals surface area contributed by atoms with Gasteiger partial charge in [0.1, 0.15) is 0 Å². The lowest BCUT2D eigenvalue weighted by atomic mass is 9.91. The van der Waals surface area contributed by atoms with Gasteiger partial charge >= 0.3 is 0 Å². The molecule has 0 bridgehead atoms. The predicted molar refractivity (Wildman–Crippen MR) is 67.0 cm³/mol. The van der Waals surface area contributed by atoms with Crippen molar-refractivity contribution < 1.29 is 4.74 Å². The summed E-state index contributed by atoms with van der Waals surface area (Å²) in [6, 6.07) is 0. The molecular weight excluding hydrogens is 216 g/mol. The molecule has 1 aliphatic heterocycles. The third-order valence-electron chi connectivity index (χ3n) is 3.29. The molecule has 0 unspecified atom stereocenters. The van der Waals surface area contributed by atoms with Gasteiger partial charge in [0.05, 0.1) is 17.8 Å². The molecule has 2 N–H and O–H groups in total. The topological polar surface area (TPSA) is 57.9 Å². The van der Waals surface area contributed by atoms with Gasteiger partial charge in [0.2, 0.25) is 0 Å². The van der Waals surface area contributed by atoms with E-state index >= 15 is 0 Å². The van der Waals surface area contributed by atoms with Crippen LogP contribution < -0.4 is 5.56 Å². The summed E-state index contributed by atoms with van der Waals surface area (Å²) >= 11 is 0. The van der Waals surface area contributed by atoms with E-state index in [2.05, 4.69) is 37.9 Å². The van der Waals surface area contributed by atoms with Crippen molar-refractivity contribution in [2.24, 2.45) is 11.8 Å². The molecule has 1 aromatic rings. The van der Waals surface area contributed by atoms with Crippen LogP contribution in [-0.4, -0.2) is 16.3 Å². The van der Waals surface area contributed by atoms with Crippen LogP contribution in [0.25, 0.3) is 0 Å². The van der Waals surface area contributed by atoms with Crippen molar-refractivity contribution >= 4 is 0 Å². The minimum Gasteiger partial charge on any atom is -0.369 e. The van der Waals surface area contributed by atoms with Crippen LogP contribution >= 0.6 is 0 Å². The lowest BCUT2D eigenvalue weighted by Gasteiger charge is -2.32. The smallest absolute Gasteiger partial charge is 0.270 e. The van der Waals surface area contributed by atoms with E-state index < -0.39 is 0 Å². The number of rotatable bonds is 3. The summed E-state index contributed by atoms with van der Waals surface area (Å²) in [5.74, 6) is 0.931. The second kappa shape index (κ2) is 4.69. The molecule has 0 aliphatic carbocycles. The number of fused-ring (bicyclic) bond motifs is 1. The van der Waals surface area contributed by atoms with Crippen LogP contribution in [0.5, 0.6) is 0 Å². The molecule has 4 nitrogen and oxygen atoms in total. The predicted octanol–water partition coefficient (Wildman–Crippen LogP) is 2.39. The second-order valence-electron chi connectivity index (χ2n) is 5.73. The van der Waals surface area contributed by atoms with Gasteiger partial charge in [-0.1, -0.05) is 27.7 Å². The van der Waals surface area contributed by atoms with E-state index in [4.69, 9.17) is 4.74 Å². The highest BCUT2D eigenvalue weighted by Gasteiger charge is 2.33. The Bertz CT molecular complexity index is 431. The van der Waals surface area contributed by atoms with Gasteiger partial charge in [-0.05, 0) is 18.3 Å². The monoisotopic (exact) mass is 238 g/mol. The molecule has 0 radical (unpaired) electrons. The maximum absolute atomic E-state index is 11.7. The zero-order chi connectivity index (χ0) is 12.6. The minimum atomic E-state index is -0.0718. The highest BCUT2D eigenvalue weighted by molar-refractivity contribution is 5.23. The van der Waals surface area contributed by atoms with E-state index in [1.807, 2.05) is 0 Å². The van der Waals surface area contributed by atoms with E-state index in [1.165, 1.54) is 0 Å². The Labute approximate surface area is 102 Å². The Morgan fingerprint density at radius 3 is 2.59 bits per heavy atom.